The van der Waals surface area contributed by atoms with E-state index in [4.69, 9.17) is 5.11 Å². The number of hydrogen-bond acceptors (Lipinski definition) is 3. The van der Waals surface area contributed by atoms with Crippen LogP contribution < -0.4 is 0 Å². The maximum Gasteiger partial charge on any atom is 0.407 e. The molecule has 18 heavy (non-hydrogen) atoms. The standard InChI is InChI=1S/C12H10BrN3O2/c13-7-1-2-10(15-3-7)12(6-14)8-4-16(11(17)18)5-9(8)12/h1-3,8-9H,4-5H2,(H,17,18)/t8-,9+,12?. The van der Waals surface area contributed by atoms with Crippen LogP contribution in [0.4, 0.5) is 4.79 Å². The van der Waals surface area contributed by atoms with Gasteiger partial charge in [-0.3, -0.25) is 4.98 Å². The van der Waals surface area contributed by atoms with Crippen molar-refractivity contribution in [3.05, 3.63) is 28.5 Å². The van der Waals surface area contributed by atoms with E-state index >= 15 is 0 Å². The third-order valence-electron chi connectivity index (χ3n) is 3.99. The Morgan fingerprint density at radius 1 is 1.56 bits per heavy atom. The summed E-state index contributed by atoms with van der Waals surface area (Å²) in [5, 5.41) is 18.4. The van der Waals surface area contributed by atoms with Crippen LogP contribution in [0, 0.1) is 23.2 Å². The zero-order chi connectivity index (χ0) is 12.9. The Bertz CT molecular complexity index is 539. The number of hydrogen-bond donors (Lipinski definition) is 1. The lowest BCUT2D eigenvalue weighted by Crippen LogP contribution is -2.33. The van der Waals surface area contributed by atoms with Crippen molar-refractivity contribution in [2.45, 2.75) is 5.41 Å². The van der Waals surface area contributed by atoms with Crippen molar-refractivity contribution in [2.75, 3.05) is 13.1 Å². The number of carboxylic acid groups (broad SMARTS) is 1. The molecule has 6 heteroatoms. The predicted octanol–water partition coefficient (Wildman–Crippen LogP) is 1.85. The molecule has 1 saturated heterocycles. The molecule has 1 N–H and O–H groups in total. The molecule has 3 rings (SSSR count). The van der Waals surface area contributed by atoms with Gasteiger partial charge in [0.2, 0.25) is 0 Å². The Hall–Kier alpha value is -1.61. The van der Waals surface area contributed by atoms with Gasteiger partial charge in [-0.15, -0.1) is 0 Å². The number of amides is 1. The zero-order valence-electron chi connectivity index (χ0n) is 9.38. The van der Waals surface area contributed by atoms with E-state index in [1.165, 1.54) is 4.90 Å². The minimum atomic E-state index is -0.905. The molecule has 0 bridgehead atoms. The summed E-state index contributed by atoms with van der Waals surface area (Å²) in [5.74, 6) is 0.180. The molecule has 1 unspecified atom stereocenters. The molecule has 1 saturated carbocycles. The molecule has 1 aliphatic heterocycles. The molecular formula is C12H10BrN3O2. The van der Waals surface area contributed by atoms with Crippen LogP contribution in [0.15, 0.2) is 22.8 Å². The summed E-state index contributed by atoms with van der Waals surface area (Å²) in [4.78, 5) is 16.5. The third kappa shape index (κ3) is 1.37. The number of rotatable bonds is 1. The summed E-state index contributed by atoms with van der Waals surface area (Å²) in [5.41, 5.74) is 0.181. The summed E-state index contributed by atoms with van der Waals surface area (Å²) >= 11 is 3.31. The molecule has 0 spiro atoms. The van der Waals surface area contributed by atoms with Gasteiger partial charge < -0.3 is 10.0 Å². The largest absolute Gasteiger partial charge is 0.465 e. The molecule has 3 atom stereocenters. The van der Waals surface area contributed by atoms with Crippen molar-refractivity contribution < 1.29 is 9.90 Å². The summed E-state index contributed by atoms with van der Waals surface area (Å²) < 4.78 is 0.873. The molecule has 1 aromatic heterocycles. The highest BCUT2D eigenvalue weighted by molar-refractivity contribution is 9.10. The fraction of sp³-hybridized carbons (Fsp3) is 0.417. The summed E-state index contributed by atoms with van der Waals surface area (Å²) in [6.45, 7) is 0.872. The van der Waals surface area contributed by atoms with Gasteiger partial charge in [-0.1, -0.05) is 0 Å². The molecule has 1 amide bonds. The first-order valence-electron chi connectivity index (χ1n) is 5.60. The lowest BCUT2D eigenvalue weighted by atomic mass is 9.96. The highest BCUT2D eigenvalue weighted by atomic mass is 79.9. The number of halogens is 1. The second kappa shape index (κ2) is 3.69. The van der Waals surface area contributed by atoms with E-state index in [1.54, 1.807) is 6.20 Å². The summed E-state index contributed by atoms with van der Waals surface area (Å²) in [6, 6.07) is 6.06. The number of nitriles is 1. The van der Waals surface area contributed by atoms with Crippen molar-refractivity contribution in [2.24, 2.45) is 11.8 Å². The third-order valence-corrected chi connectivity index (χ3v) is 4.46. The highest BCUT2D eigenvalue weighted by Gasteiger charge is 2.71. The quantitative estimate of drug-likeness (QED) is 0.859. The Morgan fingerprint density at radius 2 is 2.22 bits per heavy atom. The van der Waals surface area contributed by atoms with E-state index in [2.05, 4.69) is 27.0 Å². The minimum absolute atomic E-state index is 0.0901. The Labute approximate surface area is 112 Å². The lowest BCUT2D eigenvalue weighted by molar-refractivity contribution is 0.148. The monoisotopic (exact) mass is 307 g/mol. The average molecular weight is 308 g/mol. The maximum absolute atomic E-state index is 10.9. The van der Waals surface area contributed by atoms with Crippen LogP contribution in [0.1, 0.15) is 5.69 Å². The molecular weight excluding hydrogens is 298 g/mol. The molecule has 2 heterocycles. The fourth-order valence-electron chi connectivity index (χ4n) is 3.01. The molecule has 1 aromatic rings. The topological polar surface area (TPSA) is 77.2 Å². The zero-order valence-corrected chi connectivity index (χ0v) is 11.0. The second-order valence-corrected chi connectivity index (χ2v) is 5.66. The van der Waals surface area contributed by atoms with Gasteiger partial charge in [0.05, 0.1) is 11.8 Å². The van der Waals surface area contributed by atoms with Gasteiger partial charge in [0.15, 0.2) is 0 Å². The molecule has 2 fully saturated rings. The second-order valence-electron chi connectivity index (χ2n) is 4.74. The van der Waals surface area contributed by atoms with E-state index in [1.807, 2.05) is 12.1 Å². The van der Waals surface area contributed by atoms with Crippen LogP contribution in [0.5, 0.6) is 0 Å². The molecule has 92 valence electrons. The van der Waals surface area contributed by atoms with Crippen LogP contribution in [-0.4, -0.2) is 34.2 Å². The van der Waals surface area contributed by atoms with Gasteiger partial charge in [-0.2, -0.15) is 5.26 Å². The van der Waals surface area contributed by atoms with Crippen LogP contribution in [0.2, 0.25) is 0 Å². The van der Waals surface area contributed by atoms with Crippen molar-refractivity contribution in [3.8, 4) is 6.07 Å². The number of piperidine rings is 1. The number of pyridine rings is 1. The van der Waals surface area contributed by atoms with Crippen molar-refractivity contribution in [1.82, 2.24) is 9.88 Å². The van der Waals surface area contributed by atoms with E-state index in [-0.39, 0.29) is 11.8 Å². The highest BCUT2D eigenvalue weighted by Crippen LogP contribution is 2.62. The molecule has 5 nitrogen and oxygen atoms in total. The van der Waals surface area contributed by atoms with Crippen LogP contribution in [0.3, 0.4) is 0 Å². The Morgan fingerprint density at radius 3 is 2.67 bits per heavy atom. The van der Waals surface area contributed by atoms with Crippen molar-refractivity contribution in [1.29, 1.82) is 5.26 Å². The normalized spacial score (nSPS) is 32.8. The Balaban J connectivity index is 1.87. The maximum atomic E-state index is 10.9. The number of fused-ring (bicyclic) bond motifs is 1. The van der Waals surface area contributed by atoms with Gasteiger partial charge in [-0.25, -0.2) is 4.79 Å². The van der Waals surface area contributed by atoms with E-state index in [9.17, 15) is 10.1 Å². The number of likely N-dealkylation sites (tertiary alicyclic amines) is 1. The number of aromatic nitrogens is 1. The van der Waals surface area contributed by atoms with Crippen molar-refractivity contribution in [3.63, 3.8) is 0 Å². The van der Waals surface area contributed by atoms with Gasteiger partial charge >= 0.3 is 6.09 Å². The van der Waals surface area contributed by atoms with Crippen LogP contribution >= 0.6 is 15.9 Å². The first-order chi connectivity index (χ1) is 8.59. The molecule has 0 radical (unpaired) electrons. The average Bonchev–Trinajstić information content (AvgIpc) is 2.75. The summed E-state index contributed by atoms with van der Waals surface area (Å²) in [6.07, 6.45) is 0.773. The van der Waals surface area contributed by atoms with Crippen molar-refractivity contribution >= 4 is 22.0 Å². The Kier molecular flexibility index (Phi) is 2.35. The first kappa shape index (κ1) is 11.5. The lowest BCUT2D eigenvalue weighted by Gasteiger charge is -2.19. The van der Waals surface area contributed by atoms with Gasteiger partial charge in [-0.05, 0) is 28.1 Å². The fourth-order valence-corrected chi connectivity index (χ4v) is 3.24. The predicted molar refractivity (Wildman–Crippen MR) is 65.8 cm³/mol. The van der Waals surface area contributed by atoms with Gasteiger partial charge in [0, 0.05) is 35.6 Å². The first-order valence-corrected chi connectivity index (χ1v) is 6.40. The van der Waals surface area contributed by atoms with Crippen LogP contribution in [0.25, 0.3) is 0 Å². The number of nitrogens with zero attached hydrogens (tertiary/aromatic N) is 3. The van der Waals surface area contributed by atoms with E-state index < -0.39 is 11.5 Å². The minimum Gasteiger partial charge on any atom is -0.465 e. The van der Waals surface area contributed by atoms with Crippen LogP contribution in [-0.2, 0) is 5.41 Å². The molecule has 1 aliphatic carbocycles. The molecule has 0 aromatic carbocycles. The SMILES string of the molecule is N#CC1(c2ccc(Br)cn2)[C@@H]2CN(C(=O)O)C[C@@H]21. The smallest absolute Gasteiger partial charge is 0.407 e. The van der Waals surface area contributed by atoms with E-state index in [0.717, 1.165) is 10.2 Å². The summed E-state index contributed by atoms with van der Waals surface area (Å²) in [7, 11) is 0. The van der Waals surface area contributed by atoms with Gasteiger partial charge in [0.25, 0.3) is 0 Å². The molecule has 2 aliphatic rings. The van der Waals surface area contributed by atoms with E-state index in [0.29, 0.717) is 13.1 Å². The van der Waals surface area contributed by atoms with Gasteiger partial charge in [0.1, 0.15) is 5.41 Å². The number of carbonyl (C=O) groups is 1.